The van der Waals surface area contributed by atoms with Crippen molar-refractivity contribution in [1.29, 1.82) is 0 Å². The maximum absolute atomic E-state index is 13.8. The minimum Gasteiger partial charge on any atom is -0.323 e. The van der Waals surface area contributed by atoms with Gasteiger partial charge in [-0.3, -0.25) is 0 Å². The highest BCUT2D eigenvalue weighted by molar-refractivity contribution is 9.10. The van der Waals surface area contributed by atoms with E-state index in [0.29, 0.717) is 10.0 Å². The van der Waals surface area contributed by atoms with E-state index >= 15 is 0 Å². The molecule has 1 unspecified atom stereocenters. The van der Waals surface area contributed by atoms with Gasteiger partial charge in [0.15, 0.2) is 0 Å². The van der Waals surface area contributed by atoms with Gasteiger partial charge in [0.1, 0.15) is 5.82 Å². The van der Waals surface area contributed by atoms with Crippen molar-refractivity contribution in [2.75, 3.05) is 5.75 Å². The lowest BCUT2D eigenvalue weighted by atomic mass is 10.1. The van der Waals surface area contributed by atoms with Gasteiger partial charge < -0.3 is 5.73 Å². The van der Waals surface area contributed by atoms with Gasteiger partial charge >= 0.3 is 0 Å². The zero-order chi connectivity index (χ0) is 12.3. The summed E-state index contributed by atoms with van der Waals surface area (Å²) in [4.78, 5) is 0. The third-order valence-electron chi connectivity index (χ3n) is 3.19. The second-order valence-corrected chi connectivity index (χ2v) is 6.68. The molecule has 1 atom stereocenters. The molecule has 0 heterocycles. The van der Waals surface area contributed by atoms with Crippen LogP contribution < -0.4 is 5.73 Å². The van der Waals surface area contributed by atoms with Gasteiger partial charge in [0.25, 0.3) is 0 Å². The van der Waals surface area contributed by atoms with Crippen LogP contribution in [0, 0.1) is 5.82 Å². The number of rotatable bonds is 4. The van der Waals surface area contributed by atoms with E-state index in [1.807, 2.05) is 17.8 Å². The van der Waals surface area contributed by atoms with Gasteiger partial charge in [0, 0.05) is 22.6 Å². The number of halogens is 2. The van der Waals surface area contributed by atoms with Gasteiger partial charge in [-0.1, -0.05) is 25.0 Å². The second-order valence-electron chi connectivity index (χ2n) is 4.49. The van der Waals surface area contributed by atoms with Gasteiger partial charge in [-0.05, 0) is 34.8 Å². The number of hydrogen-bond donors (Lipinski definition) is 1. The summed E-state index contributed by atoms with van der Waals surface area (Å²) in [5.74, 6) is 0.588. The van der Waals surface area contributed by atoms with Crippen LogP contribution in [0.5, 0.6) is 0 Å². The topological polar surface area (TPSA) is 26.0 Å². The lowest BCUT2D eigenvalue weighted by Gasteiger charge is -2.16. The van der Waals surface area contributed by atoms with Crippen molar-refractivity contribution >= 4 is 27.7 Å². The predicted molar refractivity (Wildman–Crippen MR) is 75.7 cm³/mol. The Morgan fingerprint density at radius 2 is 2.12 bits per heavy atom. The summed E-state index contributed by atoms with van der Waals surface area (Å²) in [6.07, 6.45) is 5.24. The van der Waals surface area contributed by atoms with E-state index in [1.165, 1.54) is 25.7 Å². The van der Waals surface area contributed by atoms with Crippen LogP contribution in [0.25, 0.3) is 0 Å². The molecule has 17 heavy (non-hydrogen) atoms. The fourth-order valence-corrected chi connectivity index (χ4v) is 3.90. The maximum atomic E-state index is 13.8. The van der Waals surface area contributed by atoms with Crippen LogP contribution in [-0.2, 0) is 0 Å². The Morgan fingerprint density at radius 1 is 1.41 bits per heavy atom. The molecule has 1 aromatic carbocycles. The first-order valence-electron chi connectivity index (χ1n) is 5.99. The van der Waals surface area contributed by atoms with Crippen LogP contribution in [0.2, 0.25) is 0 Å². The molecule has 2 rings (SSSR count). The van der Waals surface area contributed by atoms with Crippen molar-refractivity contribution in [3.05, 3.63) is 34.1 Å². The Bertz CT molecular complexity index is 380. The summed E-state index contributed by atoms with van der Waals surface area (Å²) in [6, 6.07) is 5.11. The fraction of sp³-hybridized carbons (Fsp3) is 0.538. The highest BCUT2D eigenvalue weighted by atomic mass is 79.9. The van der Waals surface area contributed by atoms with E-state index < -0.39 is 0 Å². The van der Waals surface area contributed by atoms with Crippen molar-refractivity contribution in [3.63, 3.8) is 0 Å². The van der Waals surface area contributed by atoms with Gasteiger partial charge in [-0.15, -0.1) is 0 Å². The Hall–Kier alpha value is -0.0600. The van der Waals surface area contributed by atoms with Crippen LogP contribution in [0.15, 0.2) is 22.7 Å². The SMILES string of the molecule is NC(CSC1CCCC1)c1cccc(Br)c1F. The quantitative estimate of drug-likeness (QED) is 0.897. The van der Waals surface area contributed by atoms with E-state index in [2.05, 4.69) is 15.9 Å². The van der Waals surface area contributed by atoms with Gasteiger partial charge in [-0.25, -0.2) is 4.39 Å². The first-order valence-corrected chi connectivity index (χ1v) is 7.83. The first kappa shape index (κ1) is 13.4. The molecule has 0 radical (unpaired) electrons. The summed E-state index contributed by atoms with van der Waals surface area (Å²) in [7, 11) is 0. The lowest BCUT2D eigenvalue weighted by Crippen LogP contribution is -2.16. The smallest absolute Gasteiger partial charge is 0.142 e. The lowest BCUT2D eigenvalue weighted by molar-refractivity contribution is 0.589. The molecule has 1 aliphatic carbocycles. The minimum atomic E-state index is -0.216. The third-order valence-corrected chi connectivity index (χ3v) is 5.30. The molecule has 0 bridgehead atoms. The molecule has 2 N–H and O–H groups in total. The molecule has 0 spiro atoms. The van der Waals surface area contributed by atoms with Gasteiger partial charge in [0.05, 0.1) is 4.47 Å². The molecule has 4 heteroatoms. The van der Waals surface area contributed by atoms with E-state index in [4.69, 9.17) is 5.73 Å². The number of hydrogen-bond acceptors (Lipinski definition) is 2. The van der Waals surface area contributed by atoms with E-state index in [-0.39, 0.29) is 11.9 Å². The summed E-state index contributed by atoms with van der Waals surface area (Å²) in [5.41, 5.74) is 6.68. The Kier molecular flexibility index (Phi) is 4.88. The molecular weight excluding hydrogens is 301 g/mol. The summed E-state index contributed by atoms with van der Waals surface area (Å²) in [5, 5.41) is 0.733. The Labute approximate surface area is 114 Å². The molecule has 1 aromatic rings. The second kappa shape index (κ2) is 6.21. The molecule has 0 amide bonds. The summed E-state index contributed by atoms with van der Waals surface area (Å²) < 4.78 is 14.3. The normalized spacial score (nSPS) is 18.5. The molecule has 1 aliphatic rings. The van der Waals surface area contributed by atoms with Crippen molar-refractivity contribution in [2.45, 2.75) is 37.0 Å². The molecular formula is C13H17BrFNS. The Morgan fingerprint density at radius 3 is 2.82 bits per heavy atom. The van der Waals surface area contributed by atoms with Crippen LogP contribution in [0.3, 0.4) is 0 Å². The fourth-order valence-electron chi connectivity index (χ4n) is 2.19. The standard InChI is InChI=1S/C13H17BrFNS/c14-11-7-3-6-10(13(11)15)12(16)8-17-9-4-1-2-5-9/h3,6-7,9,12H,1-2,4-5,8,16H2. The predicted octanol–water partition coefficient (Wildman–Crippen LogP) is 4.26. The van der Waals surface area contributed by atoms with Crippen LogP contribution in [0.4, 0.5) is 4.39 Å². The number of benzene rings is 1. The van der Waals surface area contributed by atoms with Crippen molar-refractivity contribution in [1.82, 2.24) is 0 Å². The minimum absolute atomic E-state index is 0.210. The molecule has 94 valence electrons. The van der Waals surface area contributed by atoms with E-state index in [9.17, 15) is 4.39 Å². The van der Waals surface area contributed by atoms with E-state index in [1.54, 1.807) is 12.1 Å². The molecule has 1 fully saturated rings. The average Bonchev–Trinajstić information content (AvgIpc) is 2.82. The zero-order valence-electron chi connectivity index (χ0n) is 9.66. The highest BCUT2D eigenvalue weighted by Crippen LogP contribution is 2.32. The number of thioether (sulfide) groups is 1. The van der Waals surface area contributed by atoms with Gasteiger partial charge in [0.2, 0.25) is 0 Å². The number of nitrogens with two attached hydrogens (primary N) is 1. The average molecular weight is 318 g/mol. The molecule has 0 aliphatic heterocycles. The summed E-state index contributed by atoms with van der Waals surface area (Å²) in [6.45, 7) is 0. The maximum Gasteiger partial charge on any atom is 0.142 e. The molecule has 1 saturated carbocycles. The highest BCUT2D eigenvalue weighted by Gasteiger charge is 2.19. The third kappa shape index (κ3) is 3.46. The van der Waals surface area contributed by atoms with Crippen LogP contribution >= 0.6 is 27.7 Å². The Balaban J connectivity index is 1.94. The largest absolute Gasteiger partial charge is 0.323 e. The zero-order valence-corrected chi connectivity index (χ0v) is 12.1. The van der Waals surface area contributed by atoms with Crippen molar-refractivity contribution < 1.29 is 4.39 Å². The summed E-state index contributed by atoms with van der Waals surface area (Å²) >= 11 is 5.09. The first-order chi connectivity index (χ1) is 8.18. The van der Waals surface area contributed by atoms with Crippen LogP contribution in [0.1, 0.15) is 37.3 Å². The molecule has 0 saturated heterocycles. The molecule has 1 nitrogen and oxygen atoms in total. The van der Waals surface area contributed by atoms with Gasteiger partial charge in [-0.2, -0.15) is 11.8 Å². The van der Waals surface area contributed by atoms with Crippen LogP contribution in [-0.4, -0.2) is 11.0 Å². The monoisotopic (exact) mass is 317 g/mol. The van der Waals surface area contributed by atoms with E-state index in [0.717, 1.165) is 11.0 Å². The van der Waals surface area contributed by atoms with Crippen molar-refractivity contribution in [3.8, 4) is 0 Å². The molecule has 0 aromatic heterocycles. The van der Waals surface area contributed by atoms with Crippen molar-refractivity contribution in [2.24, 2.45) is 5.73 Å².